The highest BCUT2D eigenvalue weighted by atomic mass is 16.5. The fourth-order valence-electron chi connectivity index (χ4n) is 4.37. The third kappa shape index (κ3) is 2.27. The molecule has 5 rings (SSSR count). The first-order valence-corrected chi connectivity index (χ1v) is 8.94. The van der Waals surface area contributed by atoms with Crippen molar-refractivity contribution < 1.29 is 23.6 Å². The van der Waals surface area contributed by atoms with Crippen molar-refractivity contribution in [1.82, 2.24) is 20.8 Å². The summed E-state index contributed by atoms with van der Waals surface area (Å²) < 4.78 is 10.6. The average Bonchev–Trinajstić information content (AvgIpc) is 3.20. The van der Waals surface area contributed by atoms with Gasteiger partial charge < -0.3 is 14.2 Å². The van der Waals surface area contributed by atoms with E-state index < -0.39 is 29.3 Å². The van der Waals surface area contributed by atoms with E-state index in [0.717, 1.165) is 16.8 Å². The first-order chi connectivity index (χ1) is 13.5. The number of morpholine rings is 1. The number of amides is 4. The minimum absolute atomic E-state index is 0.0625. The molecule has 2 saturated heterocycles. The Morgan fingerprint density at radius 1 is 1.21 bits per heavy atom. The monoisotopic (exact) mass is 383 g/mol. The number of benzene rings is 1. The number of hydrogen-bond acceptors (Lipinski definition) is 8. The van der Waals surface area contributed by atoms with Crippen LogP contribution in [0.3, 0.4) is 0 Å². The number of imide groups is 2. The molecule has 4 amide bonds. The van der Waals surface area contributed by atoms with Gasteiger partial charge in [0.2, 0.25) is 24.0 Å². The number of hydrogen-bond donors (Lipinski definition) is 2. The van der Waals surface area contributed by atoms with Gasteiger partial charge in [-0.2, -0.15) is 4.98 Å². The molecule has 4 heterocycles. The van der Waals surface area contributed by atoms with Crippen molar-refractivity contribution in [2.45, 2.75) is 25.5 Å². The van der Waals surface area contributed by atoms with Crippen molar-refractivity contribution in [3.63, 3.8) is 0 Å². The normalized spacial score (nSPS) is 25.8. The highest BCUT2D eigenvalue weighted by Crippen LogP contribution is 2.45. The number of carbonyl (C=O) groups is 3. The Morgan fingerprint density at radius 2 is 2.00 bits per heavy atom. The maximum atomic E-state index is 12.9. The fourth-order valence-corrected chi connectivity index (χ4v) is 4.37. The molecule has 2 aromatic rings. The lowest BCUT2D eigenvalue weighted by Gasteiger charge is -2.53. The highest BCUT2D eigenvalue weighted by Gasteiger charge is 2.60. The Morgan fingerprint density at radius 3 is 2.71 bits per heavy atom. The summed E-state index contributed by atoms with van der Waals surface area (Å²) in [5.41, 5.74) is 0.981. The van der Waals surface area contributed by atoms with E-state index in [1.165, 1.54) is 6.39 Å². The molecule has 28 heavy (non-hydrogen) atoms. The smallest absolute Gasteiger partial charge is 0.328 e. The van der Waals surface area contributed by atoms with Crippen molar-refractivity contribution in [2.24, 2.45) is 5.41 Å². The molecule has 10 heteroatoms. The summed E-state index contributed by atoms with van der Waals surface area (Å²) in [5, 5.41) is 8.36. The molecule has 3 aliphatic rings. The van der Waals surface area contributed by atoms with Crippen LogP contribution in [-0.4, -0.2) is 53.3 Å². The zero-order chi connectivity index (χ0) is 19.5. The summed E-state index contributed by atoms with van der Waals surface area (Å²) >= 11 is 0. The zero-order valence-electron chi connectivity index (χ0n) is 15.0. The molecule has 1 aromatic carbocycles. The molecular weight excluding hydrogens is 366 g/mol. The van der Waals surface area contributed by atoms with E-state index in [0.29, 0.717) is 12.4 Å². The number of urea groups is 1. The number of ether oxygens (including phenoxy) is 1. The summed E-state index contributed by atoms with van der Waals surface area (Å²) in [6, 6.07) is 4.35. The minimum Gasteiger partial charge on any atom is -0.374 e. The summed E-state index contributed by atoms with van der Waals surface area (Å²) in [4.78, 5) is 43.6. The van der Waals surface area contributed by atoms with Crippen LogP contribution in [0.15, 0.2) is 29.1 Å². The van der Waals surface area contributed by atoms with Crippen LogP contribution in [0.2, 0.25) is 0 Å². The van der Waals surface area contributed by atoms with Crippen LogP contribution in [0.1, 0.15) is 12.5 Å². The van der Waals surface area contributed by atoms with E-state index in [1.807, 2.05) is 30.0 Å². The van der Waals surface area contributed by atoms with Crippen LogP contribution < -0.4 is 15.5 Å². The number of rotatable bonds is 1. The van der Waals surface area contributed by atoms with Crippen LogP contribution in [-0.2, 0) is 20.7 Å². The van der Waals surface area contributed by atoms with E-state index in [-0.39, 0.29) is 19.1 Å². The molecule has 1 aromatic heterocycles. The highest BCUT2D eigenvalue weighted by molar-refractivity contribution is 6.20. The number of aromatic nitrogens is 2. The van der Waals surface area contributed by atoms with E-state index in [2.05, 4.69) is 20.8 Å². The van der Waals surface area contributed by atoms with Gasteiger partial charge in [-0.05, 0) is 37.1 Å². The molecule has 0 saturated carbocycles. The van der Waals surface area contributed by atoms with Gasteiger partial charge in [0.25, 0.3) is 0 Å². The van der Waals surface area contributed by atoms with Gasteiger partial charge in [0.05, 0.1) is 18.8 Å². The van der Waals surface area contributed by atoms with E-state index >= 15 is 0 Å². The van der Waals surface area contributed by atoms with Crippen LogP contribution in [0.5, 0.6) is 0 Å². The van der Waals surface area contributed by atoms with Gasteiger partial charge in [0, 0.05) is 17.8 Å². The molecule has 3 aliphatic heterocycles. The standard InChI is InChI=1S/C18H17N5O5/c1-9-6-23-12-3-2-10(14-19-8-28-22-14)4-11(12)5-18(13(23)7-27-9)15(24)20-17(26)21-16(18)25/h2-4,8-9,13H,5-7H2,1H3,(H2,20,21,24,25,26)/t9-,13?/m1/s1. The number of barbiturate groups is 1. The van der Waals surface area contributed by atoms with E-state index in [4.69, 9.17) is 9.26 Å². The van der Waals surface area contributed by atoms with Crippen LogP contribution in [0.4, 0.5) is 10.5 Å². The van der Waals surface area contributed by atoms with Gasteiger partial charge in [-0.3, -0.25) is 20.2 Å². The second kappa shape index (κ2) is 5.86. The number of anilines is 1. The molecule has 0 bridgehead atoms. The predicted molar refractivity (Wildman–Crippen MR) is 94.1 cm³/mol. The van der Waals surface area contributed by atoms with Crippen molar-refractivity contribution in [3.8, 4) is 11.4 Å². The van der Waals surface area contributed by atoms with Crippen molar-refractivity contribution in [3.05, 3.63) is 30.2 Å². The van der Waals surface area contributed by atoms with Gasteiger partial charge in [-0.1, -0.05) is 5.16 Å². The lowest BCUT2D eigenvalue weighted by molar-refractivity contribution is -0.149. The molecule has 10 nitrogen and oxygen atoms in total. The first-order valence-electron chi connectivity index (χ1n) is 8.94. The Hall–Kier alpha value is -3.27. The summed E-state index contributed by atoms with van der Waals surface area (Å²) in [6.07, 6.45) is 1.31. The third-order valence-electron chi connectivity index (χ3n) is 5.68. The van der Waals surface area contributed by atoms with Gasteiger partial charge in [0.15, 0.2) is 5.41 Å². The average molecular weight is 383 g/mol. The number of nitrogens with one attached hydrogen (secondary N) is 2. The van der Waals surface area contributed by atoms with Crippen molar-refractivity contribution in [1.29, 1.82) is 0 Å². The number of nitrogens with zero attached hydrogens (tertiary/aromatic N) is 3. The van der Waals surface area contributed by atoms with Crippen LogP contribution >= 0.6 is 0 Å². The zero-order valence-corrected chi connectivity index (χ0v) is 15.0. The molecule has 2 fully saturated rings. The Labute approximate surface area is 159 Å². The molecule has 0 aliphatic carbocycles. The van der Waals surface area contributed by atoms with E-state index in [9.17, 15) is 14.4 Å². The van der Waals surface area contributed by atoms with Gasteiger partial charge in [0.1, 0.15) is 0 Å². The van der Waals surface area contributed by atoms with E-state index in [1.54, 1.807) is 0 Å². The quantitative estimate of drug-likeness (QED) is 0.671. The third-order valence-corrected chi connectivity index (χ3v) is 5.68. The molecule has 2 N–H and O–H groups in total. The first kappa shape index (κ1) is 16.9. The second-order valence-electron chi connectivity index (χ2n) is 7.30. The summed E-state index contributed by atoms with van der Waals surface area (Å²) in [7, 11) is 0. The van der Waals surface area contributed by atoms with Crippen LogP contribution in [0, 0.1) is 5.41 Å². The maximum absolute atomic E-state index is 12.9. The molecular formula is C18H17N5O5. The van der Waals surface area contributed by atoms with Gasteiger partial charge >= 0.3 is 6.03 Å². The summed E-state index contributed by atoms with van der Waals surface area (Å²) in [6.45, 7) is 2.67. The molecule has 0 radical (unpaired) electrons. The SMILES string of the molecule is C[C@@H]1CN2c3ccc(-c4ncon4)cc3CC3(C(=O)NC(=O)NC3=O)C2CO1. The molecule has 1 spiro atoms. The lowest BCUT2D eigenvalue weighted by Crippen LogP contribution is -2.73. The lowest BCUT2D eigenvalue weighted by atomic mass is 9.68. The number of carbonyl (C=O) groups excluding carboxylic acids is 3. The fraction of sp³-hybridized carbons (Fsp3) is 0.389. The minimum atomic E-state index is -1.46. The van der Waals surface area contributed by atoms with Crippen molar-refractivity contribution >= 4 is 23.5 Å². The van der Waals surface area contributed by atoms with Crippen LogP contribution in [0.25, 0.3) is 11.4 Å². The maximum Gasteiger partial charge on any atom is 0.328 e. The predicted octanol–water partition coefficient (Wildman–Crippen LogP) is 0.239. The number of fused-ring (bicyclic) bond motifs is 4. The van der Waals surface area contributed by atoms with Gasteiger partial charge in [-0.15, -0.1) is 0 Å². The topological polar surface area (TPSA) is 127 Å². The largest absolute Gasteiger partial charge is 0.374 e. The second-order valence-corrected chi connectivity index (χ2v) is 7.30. The summed E-state index contributed by atoms with van der Waals surface area (Å²) in [5.74, 6) is -0.794. The Bertz CT molecular complexity index is 968. The molecule has 144 valence electrons. The van der Waals surface area contributed by atoms with Crippen molar-refractivity contribution in [2.75, 3.05) is 18.1 Å². The Balaban J connectivity index is 1.66. The Kier molecular flexibility index (Phi) is 3.53. The molecule has 2 atom stereocenters. The van der Waals surface area contributed by atoms with Gasteiger partial charge in [-0.25, -0.2) is 4.79 Å². The molecule has 1 unspecified atom stereocenters.